The molecule has 0 saturated heterocycles. The predicted molar refractivity (Wildman–Crippen MR) is 88.5 cm³/mol. The highest BCUT2D eigenvalue weighted by Gasteiger charge is 2.30. The van der Waals surface area contributed by atoms with E-state index in [1.54, 1.807) is 0 Å². The van der Waals surface area contributed by atoms with Crippen molar-refractivity contribution >= 4 is 45.2 Å². The average molecular weight is 372 g/mol. The lowest BCUT2D eigenvalue weighted by molar-refractivity contribution is 0.535. The molecule has 1 aromatic carbocycles. The molecular weight excluding hydrogens is 355 g/mol. The third kappa shape index (κ3) is 2.69. The Balaban J connectivity index is 1.74. The summed E-state index contributed by atoms with van der Waals surface area (Å²) in [7, 11) is 0. The summed E-state index contributed by atoms with van der Waals surface area (Å²) in [4.78, 5) is 4.86. The van der Waals surface area contributed by atoms with Gasteiger partial charge in [0.1, 0.15) is 0 Å². The Labute approximate surface area is 126 Å². The van der Waals surface area contributed by atoms with E-state index in [1.165, 1.54) is 34.1 Å². The van der Waals surface area contributed by atoms with Crippen LogP contribution in [-0.2, 0) is 0 Å². The summed E-state index contributed by atoms with van der Waals surface area (Å²) in [6.07, 6.45) is 4.01. The van der Waals surface area contributed by atoms with Gasteiger partial charge >= 0.3 is 0 Å². The first kappa shape index (κ1) is 12.8. The monoisotopic (exact) mass is 372 g/mol. The van der Waals surface area contributed by atoms with Crippen LogP contribution in [0.2, 0.25) is 0 Å². The van der Waals surface area contributed by atoms with E-state index in [-0.39, 0.29) is 0 Å². The number of hydrogen-bond donors (Lipinski definition) is 1. The zero-order chi connectivity index (χ0) is 12.5. The summed E-state index contributed by atoms with van der Waals surface area (Å²) in [5, 5.41) is 4.58. The lowest BCUT2D eigenvalue weighted by atomic mass is 10.1. The second-order valence-electron chi connectivity index (χ2n) is 5.09. The van der Waals surface area contributed by atoms with Crippen molar-refractivity contribution in [3.8, 4) is 0 Å². The minimum atomic E-state index is 0.582. The molecule has 2 aliphatic rings. The van der Waals surface area contributed by atoms with Crippen molar-refractivity contribution in [1.82, 2.24) is 0 Å². The van der Waals surface area contributed by atoms with E-state index in [9.17, 15) is 0 Å². The van der Waals surface area contributed by atoms with Crippen molar-refractivity contribution in [2.24, 2.45) is 10.9 Å². The minimum Gasteiger partial charge on any atom is -0.335 e. The maximum atomic E-state index is 4.86. The van der Waals surface area contributed by atoms with Crippen LogP contribution in [0.1, 0.15) is 24.8 Å². The molecule has 1 aliphatic carbocycles. The molecule has 1 heterocycles. The van der Waals surface area contributed by atoms with Gasteiger partial charge in [0.25, 0.3) is 0 Å². The second-order valence-corrected chi connectivity index (χ2v) is 7.26. The van der Waals surface area contributed by atoms with Crippen LogP contribution < -0.4 is 5.32 Å². The van der Waals surface area contributed by atoms with Gasteiger partial charge in [-0.3, -0.25) is 4.99 Å². The lowest BCUT2D eigenvalue weighted by Gasteiger charge is -2.23. The van der Waals surface area contributed by atoms with E-state index in [0.717, 1.165) is 16.8 Å². The molecular formula is C14H17IN2S. The molecule has 2 atom stereocenters. The van der Waals surface area contributed by atoms with E-state index in [4.69, 9.17) is 4.99 Å². The van der Waals surface area contributed by atoms with Gasteiger partial charge in [-0.2, -0.15) is 0 Å². The van der Waals surface area contributed by atoms with Gasteiger partial charge in [-0.05, 0) is 66.0 Å². The van der Waals surface area contributed by atoms with Gasteiger partial charge in [-0.25, -0.2) is 0 Å². The van der Waals surface area contributed by atoms with Crippen molar-refractivity contribution in [2.45, 2.75) is 32.2 Å². The fourth-order valence-corrected chi connectivity index (χ4v) is 4.29. The third-order valence-electron chi connectivity index (χ3n) is 3.76. The molecule has 0 radical (unpaired) electrons. The lowest BCUT2D eigenvalue weighted by Crippen LogP contribution is -2.25. The van der Waals surface area contributed by atoms with Crippen LogP contribution in [0, 0.1) is 16.4 Å². The number of nitrogens with one attached hydrogen (secondary N) is 1. The third-order valence-corrected chi connectivity index (χ3v) is 6.00. The molecule has 96 valence electrons. The Bertz CT molecular complexity index is 487. The smallest absolute Gasteiger partial charge is 0.161 e. The van der Waals surface area contributed by atoms with Crippen LogP contribution in [-0.4, -0.2) is 17.0 Å². The quantitative estimate of drug-likeness (QED) is 0.744. The summed E-state index contributed by atoms with van der Waals surface area (Å²) in [6.45, 7) is 2.14. The summed E-state index contributed by atoms with van der Waals surface area (Å²) in [6, 6.07) is 7.08. The average Bonchev–Trinajstić information content (AvgIpc) is 2.81. The SMILES string of the molecule is Cc1ccc(NC2=NC3CCCC3CS2)cc1I. The van der Waals surface area contributed by atoms with Crippen molar-refractivity contribution in [3.63, 3.8) is 0 Å². The summed E-state index contributed by atoms with van der Waals surface area (Å²) in [5.74, 6) is 2.07. The summed E-state index contributed by atoms with van der Waals surface area (Å²) >= 11 is 4.26. The van der Waals surface area contributed by atoms with Crippen LogP contribution >= 0.6 is 34.4 Å². The topological polar surface area (TPSA) is 24.4 Å². The number of thioether (sulfide) groups is 1. The van der Waals surface area contributed by atoms with E-state index in [1.807, 2.05) is 11.8 Å². The summed E-state index contributed by atoms with van der Waals surface area (Å²) < 4.78 is 1.30. The van der Waals surface area contributed by atoms with E-state index in [2.05, 4.69) is 53.0 Å². The number of fused-ring (bicyclic) bond motifs is 1. The van der Waals surface area contributed by atoms with Crippen LogP contribution in [0.4, 0.5) is 5.69 Å². The highest BCUT2D eigenvalue weighted by atomic mass is 127. The van der Waals surface area contributed by atoms with Crippen LogP contribution in [0.25, 0.3) is 0 Å². The number of aryl methyl sites for hydroxylation is 1. The molecule has 3 rings (SSSR count). The Morgan fingerprint density at radius 2 is 2.28 bits per heavy atom. The van der Waals surface area contributed by atoms with Crippen LogP contribution in [0.3, 0.4) is 0 Å². The van der Waals surface area contributed by atoms with Crippen LogP contribution in [0.15, 0.2) is 23.2 Å². The maximum absolute atomic E-state index is 4.86. The molecule has 1 N–H and O–H groups in total. The van der Waals surface area contributed by atoms with Gasteiger partial charge in [0, 0.05) is 15.0 Å². The standard InChI is InChI=1S/C14H17IN2S/c1-9-5-6-11(7-12(9)15)16-14-17-13-4-2-3-10(13)8-18-14/h5-7,10,13H,2-4,8H2,1H3,(H,16,17). The number of halogens is 1. The zero-order valence-electron chi connectivity index (χ0n) is 10.4. The van der Waals surface area contributed by atoms with Gasteiger partial charge in [-0.15, -0.1) is 0 Å². The fraction of sp³-hybridized carbons (Fsp3) is 0.500. The summed E-state index contributed by atoms with van der Waals surface area (Å²) in [5.41, 5.74) is 2.49. The number of anilines is 1. The molecule has 2 nitrogen and oxygen atoms in total. The van der Waals surface area contributed by atoms with Gasteiger partial charge < -0.3 is 5.32 Å². The molecule has 0 spiro atoms. The highest BCUT2D eigenvalue weighted by molar-refractivity contribution is 14.1. The molecule has 0 amide bonds. The Morgan fingerprint density at radius 3 is 3.11 bits per heavy atom. The number of hydrogen-bond acceptors (Lipinski definition) is 3. The molecule has 1 aromatic rings. The van der Waals surface area contributed by atoms with Crippen molar-refractivity contribution in [2.75, 3.05) is 11.1 Å². The van der Waals surface area contributed by atoms with E-state index in [0.29, 0.717) is 6.04 Å². The normalized spacial score (nSPS) is 26.7. The van der Waals surface area contributed by atoms with Gasteiger partial charge in [0.2, 0.25) is 0 Å². The van der Waals surface area contributed by atoms with Gasteiger partial charge in [0.05, 0.1) is 6.04 Å². The number of benzene rings is 1. The zero-order valence-corrected chi connectivity index (χ0v) is 13.4. The first-order chi connectivity index (χ1) is 8.72. The Hall–Kier alpha value is -0.230. The molecule has 4 heteroatoms. The maximum Gasteiger partial charge on any atom is 0.161 e. The van der Waals surface area contributed by atoms with Gasteiger partial charge in [0.15, 0.2) is 5.17 Å². The number of nitrogens with zero attached hydrogens (tertiary/aromatic N) is 1. The molecule has 18 heavy (non-hydrogen) atoms. The molecule has 0 aromatic heterocycles. The first-order valence-electron chi connectivity index (χ1n) is 6.46. The minimum absolute atomic E-state index is 0.582. The van der Waals surface area contributed by atoms with Crippen molar-refractivity contribution < 1.29 is 0 Å². The highest BCUT2D eigenvalue weighted by Crippen LogP contribution is 2.35. The second kappa shape index (κ2) is 5.41. The predicted octanol–water partition coefficient (Wildman–Crippen LogP) is 4.28. The number of rotatable bonds is 1. The van der Waals surface area contributed by atoms with Crippen LogP contribution in [0.5, 0.6) is 0 Å². The van der Waals surface area contributed by atoms with Crippen molar-refractivity contribution in [3.05, 3.63) is 27.3 Å². The molecule has 1 aliphatic heterocycles. The Kier molecular flexibility index (Phi) is 3.84. The van der Waals surface area contributed by atoms with Crippen molar-refractivity contribution in [1.29, 1.82) is 0 Å². The van der Waals surface area contributed by atoms with E-state index >= 15 is 0 Å². The molecule has 2 unspecified atom stereocenters. The molecule has 1 fully saturated rings. The fourth-order valence-electron chi connectivity index (χ4n) is 2.62. The number of aliphatic imine (C=N–C) groups is 1. The molecule has 1 saturated carbocycles. The van der Waals surface area contributed by atoms with Gasteiger partial charge in [-0.1, -0.05) is 24.2 Å². The first-order valence-corrected chi connectivity index (χ1v) is 8.52. The van der Waals surface area contributed by atoms with E-state index < -0.39 is 0 Å². The molecule has 0 bridgehead atoms. The Morgan fingerprint density at radius 1 is 1.39 bits per heavy atom. The number of amidine groups is 1. The largest absolute Gasteiger partial charge is 0.335 e.